The topological polar surface area (TPSA) is 126 Å². The van der Waals surface area contributed by atoms with Crippen molar-refractivity contribution in [2.45, 2.75) is 130 Å². The summed E-state index contributed by atoms with van der Waals surface area (Å²) in [7, 11) is 1.02. The monoisotopic (exact) mass is 758 g/mol. The summed E-state index contributed by atoms with van der Waals surface area (Å²) in [5.74, 6) is -1.42. The van der Waals surface area contributed by atoms with Crippen LogP contribution in [-0.4, -0.2) is 113 Å². The number of benzene rings is 1. The number of halogens is 1. The average molecular weight is 759 g/mol. The Kier molecular flexibility index (Phi) is 13.7. The summed E-state index contributed by atoms with van der Waals surface area (Å²) >= 11 is 0. The minimum atomic E-state index is -2.27. The number of hydrogen-bond donors (Lipinski definition) is 1. The van der Waals surface area contributed by atoms with Gasteiger partial charge in [0, 0.05) is 39.9 Å². The minimum Gasteiger partial charge on any atom is -0.444 e. The van der Waals surface area contributed by atoms with Crippen LogP contribution in [0.3, 0.4) is 0 Å². The Morgan fingerprint density at radius 1 is 1.04 bits per heavy atom. The number of likely N-dealkylation sites (N-methyl/N-ethyl adjacent to an activating group) is 1. The third kappa shape index (κ3) is 11.9. The van der Waals surface area contributed by atoms with E-state index in [1.165, 1.54) is 24.1 Å². The first-order valence-electron chi connectivity index (χ1n) is 18.5. The fourth-order valence-corrected chi connectivity index (χ4v) is 7.23. The Labute approximate surface area is 316 Å². The highest BCUT2D eigenvalue weighted by Crippen LogP contribution is 2.39. The molecule has 1 aromatic carbocycles. The number of aromatic nitrogens is 2. The maximum atomic E-state index is 14.8. The first kappa shape index (κ1) is 43.6. The van der Waals surface area contributed by atoms with Gasteiger partial charge in [-0.25, -0.2) is 14.2 Å². The second-order valence-electron chi connectivity index (χ2n) is 18.0. The maximum Gasteiger partial charge on any atom is 0.410 e. The van der Waals surface area contributed by atoms with Crippen LogP contribution in [0.4, 0.5) is 9.18 Å². The largest absolute Gasteiger partial charge is 0.444 e. The second-order valence-corrected chi connectivity index (χ2v) is 22.8. The number of likely N-dealkylation sites (tertiary alicyclic amines) is 1. The van der Waals surface area contributed by atoms with Crippen molar-refractivity contribution in [3.05, 3.63) is 53.9 Å². The van der Waals surface area contributed by atoms with Gasteiger partial charge >= 0.3 is 6.09 Å². The van der Waals surface area contributed by atoms with Crippen LogP contribution in [-0.2, 0) is 32.2 Å². The number of rotatable bonds is 12. The molecule has 1 aromatic heterocycles. The second kappa shape index (κ2) is 16.7. The molecule has 4 atom stereocenters. The molecule has 1 fully saturated rings. The summed E-state index contributed by atoms with van der Waals surface area (Å²) in [5, 5.41) is 2.89. The van der Waals surface area contributed by atoms with Crippen LogP contribution >= 0.6 is 0 Å². The predicted octanol–water partition coefficient (Wildman–Crippen LogP) is 6.02. The van der Waals surface area contributed by atoms with E-state index in [1.807, 2.05) is 20.8 Å². The smallest absolute Gasteiger partial charge is 0.410 e. The number of aryl methyl sites for hydroxylation is 1. The van der Waals surface area contributed by atoms with Gasteiger partial charge in [0.25, 0.3) is 5.91 Å². The van der Waals surface area contributed by atoms with Crippen molar-refractivity contribution in [1.29, 1.82) is 0 Å². The Bertz CT molecular complexity index is 1590. The fourth-order valence-electron chi connectivity index (χ4n) is 5.87. The molecule has 0 aliphatic carbocycles. The SMILES string of the molecule is C[C@@H](C(=O)NC(C(=O)N1C[C@H](O[Si](C)(C)C(C)(C)C)CC1CN(CCc1ccc(F)cc1)C(=O)c1cn(C)cn1)C(C)(C)C)N(C)C(=O)OC(C)(C)C. The number of nitrogens with one attached hydrogen (secondary N) is 1. The van der Waals surface area contributed by atoms with Gasteiger partial charge in [-0.2, -0.15) is 0 Å². The minimum absolute atomic E-state index is 0.0751. The Hall–Kier alpha value is -3.78. The highest BCUT2D eigenvalue weighted by atomic mass is 28.4. The molecule has 1 N–H and O–H groups in total. The molecule has 1 saturated heterocycles. The molecule has 0 bridgehead atoms. The third-order valence-corrected chi connectivity index (χ3v) is 14.7. The van der Waals surface area contributed by atoms with Crippen molar-refractivity contribution in [2.24, 2.45) is 12.5 Å². The van der Waals surface area contributed by atoms with E-state index in [0.29, 0.717) is 19.4 Å². The molecule has 2 aromatic rings. The fraction of sp³-hybridized carbons (Fsp3) is 0.667. The van der Waals surface area contributed by atoms with Gasteiger partial charge in [-0.15, -0.1) is 0 Å². The van der Waals surface area contributed by atoms with Crippen molar-refractivity contribution in [3.8, 4) is 0 Å². The van der Waals surface area contributed by atoms with E-state index in [1.54, 1.807) is 73.8 Å². The zero-order chi connectivity index (χ0) is 40.3. The van der Waals surface area contributed by atoms with Crippen LogP contribution in [0.5, 0.6) is 0 Å². The zero-order valence-corrected chi connectivity index (χ0v) is 35.4. The number of imidazole rings is 1. The van der Waals surface area contributed by atoms with Gasteiger partial charge in [0.1, 0.15) is 29.2 Å². The van der Waals surface area contributed by atoms with Crippen molar-refractivity contribution < 1.29 is 32.7 Å². The van der Waals surface area contributed by atoms with E-state index >= 15 is 0 Å². The van der Waals surface area contributed by atoms with Gasteiger partial charge in [0.05, 0.1) is 18.5 Å². The molecule has 2 heterocycles. The van der Waals surface area contributed by atoms with Gasteiger partial charge in [0.15, 0.2) is 8.32 Å². The van der Waals surface area contributed by atoms with Crippen molar-refractivity contribution in [2.75, 3.05) is 26.7 Å². The number of amides is 4. The molecular formula is C39H63FN6O6Si. The van der Waals surface area contributed by atoms with E-state index in [4.69, 9.17) is 9.16 Å². The van der Waals surface area contributed by atoms with E-state index in [-0.39, 0.29) is 47.6 Å². The number of ether oxygens (including phenoxy) is 1. The molecule has 53 heavy (non-hydrogen) atoms. The Morgan fingerprint density at radius 2 is 1.64 bits per heavy atom. The maximum absolute atomic E-state index is 14.8. The van der Waals surface area contributed by atoms with Crippen molar-refractivity contribution in [3.63, 3.8) is 0 Å². The van der Waals surface area contributed by atoms with Gasteiger partial charge in [-0.1, -0.05) is 53.7 Å². The number of carbonyl (C=O) groups is 4. The Morgan fingerprint density at radius 3 is 2.15 bits per heavy atom. The average Bonchev–Trinajstić information content (AvgIpc) is 3.64. The lowest BCUT2D eigenvalue weighted by Gasteiger charge is -2.39. The summed E-state index contributed by atoms with van der Waals surface area (Å²) in [6.45, 7) is 24.1. The molecule has 1 aliphatic rings. The quantitative estimate of drug-likeness (QED) is 0.263. The van der Waals surface area contributed by atoms with Gasteiger partial charge in [-0.3, -0.25) is 19.3 Å². The summed E-state index contributed by atoms with van der Waals surface area (Å²) in [5.41, 5.74) is -0.320. The molecule has 0 radical (unpaired) electrons. The van der Waals surface area contributed by atoms with Crippen LogP contribution in [0.25, 0.3) is 0 Å². The summed E-state index contributed by atoms with van der Waals surface area (Å²) in [6, 6.07) is 3.86. The normalized spacial score (nSPS) is 18.0. The first-order valence-corrected chi connectivity index (χ1v) is 21.4. The zero-order valence-electron chi connectivity index (χ0n) is 34.4. The third-order valence-electron chi connectivity index (χ3n) is 10.2. The molecule has 14 heteroatoms. The number of carbonyl (C=O) groups excluding carboxylic acids is 4. The van der Waals surface area contributed by atoms with Gasteiger partial charge in [0.2, 0.25) is 11.8 Å². The first-order chi connectivity index (χ1) is 24.2. The highest BCUT2D eigenvalue weighted by Gasteiger charge is 2.47. The Balaban J connectivity index is 1.97. The van der Waals surface area contributed by atoms with E-state index in [2.05, 4.69) is 44.2 Å². The predicted molar refractivity (Wildman–Crippen MR) is 206 cm³/mol. The molecule has 0 spiro atoms. The molecule has 4 amide bonds. The summed E-state index contributed by atoms with van der Waals surface area (Å²) in [6.07, 6.45) is 3.24. The van der Waals surface area contributed by atoms with Crippen LogP contribution in [0.15, 0.2) is 36.8 Å². The lowest BCUT2D eigenvalue weighted by atomic mass is 9.85. The lowest BCUT2D eigenvalue weighted by molar-refractivity contribution is -0.141. The highest BCUT2D eigenvalue weighted by molar-refractivity contribution is 6.74. The molecule has 12 nitrogen and oxygen atoms in total. The molecule has 3 rings (SSSR count). The van der Waals surface area contributed by atoms with E-state index in [9.17, 15) is 23.6 Å². The number of hydrogen-bond acceptors (Lipinski definition) is 7. The van der Waals surface area contributed by atoms with Crippen LogP contribution in [0.1, 0.15) is 91.7 Å². The van der Waals surface area contributed by atoms with Gasteiger partial charge < -0.3 is 28.8 Å². The van der Waals surface area contributed by atoms with Crippen LogP contribution in [0.2, 0.25) is 18.1 Å². The molecule has 2 unspecified atom stereocenters. The van der Waals surface area contributed by atoms with E-state index < -0.39 is 49.5 Å². The van der Waals surface area contributed by atoms with Crippen LogP contribution < -0.4 is 5.32 Å². The summed E-state index contributed by atoms with van der Waals surface area (Å²) in [4.78, 5) is 64.3. The molecular weight excluding hydrogens is 696 g/mol. The summed E-state index contributed by atoms with van der Waals surface area (Å²) < 4.78 is 27.7. The van der Waals surface area contributed by atoms with Crippen LogP contribution in [0, 0.1) is 11.2 Å². The number of nitrogens with zero attached hydrogens (tertiary/aromatic N) is 5. The van der Waals surface area contributed by atoms with Gasteiger partial charge in [-0.05, 0) is 81.8 Å². The van der Waals surface area contributed by atoms with Crippen molar-refractivity contribution >= 4 is 32.1 Å². The van der Waals surface area contributed by atoms with Crippen molar-refractivity contribution in [1.82, 2.24) is 29.6 Å². The molecule has 296 valence electrons. The standard InChI is InChI=1S/C39H63FN6O6Si/c1-26(44(12)36(50)51-38(5,6)7)33(47)42-32(37(2,3)4)35(49)46-23-30(52-53(13,14)39(8,9)10)21-29(46)22-45(34(48)31-24-43(11)25-41-31)20-19-27-15-17-28(40)18-16-27/h15-18,24-26,29-30,32H,19-23H2,1-14H3,(H,42,47)/t26-,29?,30+,32?/m0/s1. The van der Waals surface area contributed by atoms with E-state index in [0.717, 1.165) is 5.56 Å². The molecule has 1 aliphatic heterocycles. The molecule has 0 saturated carbocycles. The lowest BCUT2D eigenvalue weighted by Crippen LogP contribution is -2.60.